The Morgan fingerprint density at radius 3 is 1.67 bits per heavy atom. The van der Waals surface area contributed by atoms with Crippen LogP contribution in [0, 0.1) is 11.8 Å². The van der Waals surface area contributed by atoms with Crippen LogP contribution in [0.25, 0.3) is 43.4 Å². The van der Waals surface area contributed by atoms with Crippen molar-refractivity contribution in [1.29, 1.82) is 0 Å². The summed E-state index contributed by atoms with van der Waals surface area (Å²) in [5.41, 5.74) is 6.11. The molecule has 0 heterocycles. The fraction of sp³-hybridized carbons (Fsp3) is 0.111. The lowest BCUT2D eigenvalue weighted by Crippen LogP contribution is -2.10. The highest BCUT2D eigenvalue weighted by atomic mass is 14.2. The van der Waals surface area contributed by atoms with Crippen molar-refractivity contribution in [3.8, 4) is 23.0 Å². The lowest BCUT2D eigenvalue weighted by Gasteiger charge is -2.20. The van der Waals surface area contributed by atoms with Gasteiger partial charge >= 0.3 is 0 Å². The molecule has 0 atom stereocenters. The van der Waals surface area contributed by atoms with Crippen LogP contribution in [0.3, 0.4) is 0 Å². The zero-order chi connectivity index (χ0) is 24.7. The SMILES string of the molecule is CC(C)(C)c1ccc(-c2c3ccccc3c(C#Cc3ccc4ccccc4c3)c3ccccc23)cc1. The van der Waals surface area contributed by atoms with Gasteiger partial charge in [-0.05, 0) is 66.6 Å². The molecule has 0 aliphatic carbocycles. The van der Waals surface area contributed by atoms with Crippen LogP contribution in [0.15, 0.2) is 115 Å². The van der Waals surface area contributed by atoms with E-state index in [9.17, 15) is 0 Å². The predicted molar refractivity (Wildman–Crippen MR) is 156 cm³/mol. The van der Waals surface area contributed by atoms with E-state index in [1.54, 1.807) is 0 Å². The normalized spacial score (nSPS) is 11.5. The van der Waals surface area contributed by atoms with Gasteiger partial charge in [-0.1, -0.05) is 136 Å². The number of hydrogen-bond donors (Lipinski definition) is 0. The number of rotatable bonds is 1. The largest absolute Gasteiger partial charge is 0.0616 e. The van der Waals surface area contributed by atoms with Crippen LogP contribution < -0.4 is 0 Å². The van der Waals surface area contributed by atoms with Gasteiger partial charge in [-0.25, -0.2) is 0 Å². The summed E-state index contributed by atoms with van der Waals surface area (Å²) in [4.78, 5) is 0. The zero-order valence-electron chi connectivity index (χ0n) is 21.0. The van der Waals surface area contributed by atoms with Crippen LogP contribution in [-0.2, 0) is 5.41 Å². The molecule has 0 nitrogen and oxygen atoms in total. The Morgan fingerprint density at radius 1 is 0.500 bits per heavy atom. The van der Waals surface area contributed by atoms with E-state index in [4.69, 9.17) is 0 Å². The average molecular weight is 461 g/mol. The Bertz CT molecular complexity index is 1740. The molecule has 0 amide bonds. The van der Waals surface area contributed by atoms with Crippen molar-refractivity contribution in [2.45, 2.75) is 26.2 Å². The summed E-state index contributed by atoms with van der Waals surface area (Å²) < 4.78 is 0. The van der Waals surface area contributed by atoms with Crippen molar-refractivity contribution < 1.29 is 0 Å². The summed E-state index contributed by atoms with van der Waals surface area (Å²) in [7, 11) is 0. The zero-order valence-corrected chi connectivity index (χ0v) is 21.0. The van der Waals surface area contributed by atoms with Gasteiger partial charge in [0, 0.05) is 11.1 Å². The molecule has 6 aromatic carbocycles. The summed E-state index contributed by atoms with van der Waals surface area (Å²) in [6.45, 7) is 6.78. The number of benzene rings is 6. The summed E-state index contributed by atoms with van der Waals surface area (Å²) in [5, 5.41) is 7.32. The van der Waals surface area contributed by atoms with Crippen LogP contribution in [0.1, 0.15) is 37.5 Å². The Balaban J connectivity index is 1.58. The maximum Gasteiger partial charge on any atom is 0.0406 e. The molecule has 172 valence electrons. The molecule has 0 N–H and O–H groups in total. The Morgan fingerprint density at radius 2 is 1.06 bits per heavy atom. The third kappa shape index (κ3) is 3.94. The maximum absolute atomic E-state index is 3.57. The van der Waals surface area contributed by atoms with E-state index in [-0.39, 0.29) is 5.41 Å². The van der Waals surface area contributed by atoms with Gasteiger partial charge in [-0.15, -0.1) is 0 Å². The Kier molecular flexibility index (Phi) is 5.36. The summed E-state index contributed by atoms with van der Waals surface area (Å²) in [5.74, 6) is 7.04. The maximum atomic E-state index is 3.57. The highest BCUT2D eigenvalue weighted by Crippen LogP contribution is 2.39. The first-order chi connectivity index (χ1) is 17.5. The third-order valence-electron chi connectivity index (χ3n) is 7.05. The monoisotopic (exact) mass is 460 g/mol. The highest BCUT2D eigenvalue weighted by molar-refractivity contribution is 6.16. The molecule has 0 aliphatic heterocycles. The fourth-order valence-corrected chi connectivity index (χ4v) is 5.11. The first-order valence-electron chi connectivity index (χ1n) is 12.5. The van der Waals surface area contributed by atoms with E-state index in [1.165, 1.54) is 49.0 Å². The second-order valence-corrected chi connectivity index (χ2v) is 10.5. The first-order valence-corrected chi connectivity index (χ1v) is 12.5. The molecule has 0 radical (unpaired) electrons. The highest BCUT2D eigenvalue weighted by Gasteiger charge is 2.16. The van der Waals surface area contributed by atoms with Gasteiger partial charge in [-0.3, -0.25) is 0 Å². The van der Waals surface area contributed by atoms with Gasteiger partial charge in [-0.2, -0.15) is 0 Å². The lowest BCUT2D eigenvalue weighted by atomic mass is 9.84. The van der Waals surface area contributed by atoms with Gasteiger partial charge in [0.2, 0.25) is 0 Å². The minimum Gasteiger partial charge on any atom is -0.0616 e. The second-order valence-electron chi connectivity index (χ2n) is 10.5. The summed E-state index contributed by atoms with van der Waals surface area (Å²) in [6.07, 6.45) is 0. The minimum atomic E-state index is 0.130. The third-order valence-corrected chi connectivity index (χ3v) is 7.05. The van der Waals surface area contributed by atoms with Gasteiger partial charge in [0.25, 0.3) is 0 Å². The molecule has 0 spiro atoms. The topological polar surface area (TPSA) is 0 Å². The molecule has 6 rings (SSSR count). The van der Waals surface area contributed by atoms with E-state index in [1.807, 2.05) is 0 Å². The predicted octanol–water partition coefficient (Wildman–Crippen LogP) is 9.51. The molecule has 0 fully saturated rings. The van der Waals surface area contributed by atoms with Gasteiger partial charge in [0.15, 0.2) is 0 Å². The van der Waals surface area contributed by atoms with Crippen LogP contribution in [0.4, 0.5) is 0 Å². The van der Waals surface area contributed by atoms with Crippen LogP contribution in [0.5, 0.6) is 0 Å². The van der Waals surface area contributed by atoms with Crippen LogP contribution in [0.2, 0.25) is 0 Å². The molecule has 0 saturated heterocycles. The Labute approximate surface area is 213 Å². The molecule has 6 aromatic rings. The van der Waals surface area contributed by atoms with Crippen molar-refractivity contribution in [3.05, 3.63) is 132 Å². The molecule has 0 saturated carbocycles. The number of hydrogen-bond acceptors (Lipinski definition) is 0. The van der Waals surface area contributed by atoms with Gasteiger partial charge in [0.05, 0.1) is 0 Å². The molecule has 0 aromatic heterocycles. The van der Waals surface area contributed by atoms with Crippen LogP contribution in [-0.4, -0.2) is 0 Å². The molecule has 0 heteroatoms. The number of fused-ring (bicyclic) bond motifs is 3. The average Bonchev–Trinajstić information content (AvgIpc) is 2.90. The van der Waals surface area contributed by atoms with Crippen LogP contribution >= 0.6 is 0 Å². The van der Waals surface area contributed by atoms with Gasteiger partial charge < -0.3 is 0 Å². The van der Waals surface area contributed by atoms with Crippen molar-refractivity contribution >= 4 is 32.3 Å². The molecule has 0 unspecified atom stereocenters. The molecule has 36 heavy (non-hydrogen) atoms. The van der Waals surface area contributed by atoms with E-state index in [0.717, 1.165) is 11.1 Å². The molecule has 0 bridgehead atoms. The summed E-state index contributed by atoms with van der Waals surface area (Å²) >= 11 is 0. The van der Waals surface area contributed by atoms with Crippen molar-refractivity contribution in [2.75, 3.05) is 0 Å². The van der Waals surface area contributed by atoms with E-state index in [0.29, 0.717) is 0 Å². The Hall–Kier alpha value is -4.34. The first kappa shape index (κ1) is 22.1. The quantitative estimate of drug-likeness (QED) is 0.169. The van der Waals surface area contributed by atoms with E-state index in [2.05, 4.69) is 148 Å². The standard InChI is InChI=1S/C36H28/c1-36(2,3)29-21-19-27(20-22-29)35-33-14-8-6-12-30(33)32(31-13-7-9-15-34(31)35)23-17-25-16-18-26-10-4-5-11-28(26)24-25/h4-16,18-22,24H,1-3H3. The van der Waals surface area contributed by atoms with E-state index < -0.39 is 0 Å². The van der Waals surface area contributed by atoms with E-state index >= 15 is 0 Å². The van der Waals surface area contributed by atoms with Crippen molar-refractivity contribution in [3.63, 3.8) is 0 Å². The fourth-order valence-electron chi connectivity index (χ4n) is 5.11. The lowest BCUT2D eigenvalue weighted by molar-refractivity contribution is 0.590. The van der Waals surface area contributed by atoms with Gasteiger partial charge in [0.1, 0.15) is 0 Å². The molecular formula is C36H28. The van der Waals surface area contributed by atoms with Crippen molar-refractivity contribution in [2.24, 2.45) is 0 Å². The second kappa shape index (κ2) is 8.71. The van der Waals surface area contributed by atoms with Crippen molar-refractivity contribution in [1.82, 2.24) is 0 Å². The smallest absolute Gasteiger partial charge is 0.0406 e. The molecular weight excluding hydrogens is 432 g/mol. The minimum absolute atomic E-state index is 0.130. The summed E-state index contributed by atoms with van der Waals surface area (Å²) in [6, 6.07) is 41.3. The molecule has 0 aliphatic rings.